The highest BCUT2D eigenvalue weighted by Gasteiger charge is 2.24. The van der Waals surface area contributed by atoms with Crippen LogP contribution in [0.2, 0.25) is 0 Å². The minimum Gasteiger partial charge on any atom is -0.459 e. The van der Waals surface area contributed by atoms with Gasteiger partial charge in [0.1, 0.15) is 0 Å². The summed E-state index contributed by atoms with van der Waals surface area (Å²) in [5.74, 6) is 0.280. The lowest BCUT2D eigenvalue weighted by Gasteiger charge is -2.33. The molecule has 3 rings (SSSR count). The fourth-order valence-corrected chi connectivity index (χ4v) is 2.72. The molecule has 1 aliphatic rings. The number of nitrogens with one attached hydrogen (secondary N) is 1. The van der Waals surface area contributed by atoms with E-state index in [9.17, 15) is 9.59 Å². The number of piperazine rings is 1. The van der Waals surface area contributed by atoms with Gasteiger partial charge in [-0.1, -0.05) is 30.3 Å². The molecular formula is C18H21N3O3. The van der Waals surface area contributed by atoms with E-state index in [0.717, 1.165) is 5.56 Å². The lowest BCUT2D eigenvalue weighted by atomic mass is 10.2. The first-order chi connectivity index (χ1) is 11.7. The van der Waals surface area contributed by atoms with E-state index in [1.54, 1.807) is 17.0 Å². The zero-order valence-corrected chi connectivity index (χ0v) is 13.5. The van der Waals surface area contributed by atoms with Crippen LogP contribution in [0.3, 0.4) is 0 Å². The molecule has 1 aliphatic heterocycles. The molecule has 0 radical (unpaired) electrons. The molecule has 0 spiro atoms. The Hall–Kier alpha value is -2.60. The van der Waals surface area contributed by atoms with Crippen molar-refractivity contribution < 1.29 is 14.0 Å². The lowest BCUT2D eigenvalue weighted by molar-refractivity contribution is -0.122. The minimum absolute atomic E-state index is 0.00432. The average Bonchev–Trinajstić information content (AvgIpc) is 3.16. The Kier molecular flexibility index (Phi) is 5.28. The summed E-state index contributed by atoms with van der Waals surface area (Å²) in [5.41, 5.74) is 1.08. The fourth-order valence-electron chi connectivity index (χ4n) is 2.72. The maximum absolute atomic E-state index is 12.2. The first-order valence-corrected chi connectivity index (χ1v) is 8.08. The van der Waals surface area contributed by atoms with Gasteiger partial charge in [-0.3, -0.25) is 14.5 Å². The SMILES string of the molecule is O=C(CN1CCN(C(=O)c2ccco2)CC1)NCc1ccccc1. The van der Waals surface area contributed by atoms with E-state index in [2.05, 4.69) is 10.2 Å². The molecule has 1 N–H and O–H groups in total. The third kappa shape index (κ3) is 4.23. The van der Waals surface area contributed by atoms with Gasteiger partial charge in [0.15, 0.2) is 5.76 Å². The zero-order valence-electron chi connectivity index (χ0n) is 13.5. The summed E-state index contributed by atoms with van der Waals surface area (Å²) in [6.45, 7) is 3.47. The summed E-state index contributed by atoms with van der Waals surface area (Å²) in [4.78, 5) is 28.0. The van der Waals surface area contributed by atoms with Crippen molar-refractivity contribution in [3.63, 3.8) is 0 Å². The molecule has 6 heteroatoms. The normalized spacial score (nSPS) is 15.2. The second-order valence-corrected chi connectivity index (χ2v) is 5.81. The monoisotopic (exact) mass is 327 g/mol. The number of benzene rings is 1. The summed E-state index contributed by atoms with van der Waals surface area (Å²) in [6, 6.07) is 13.2. The third-order valence-electron chi connectivity index (χ3n) is 4.09. The Bertz CT molecular complexity index is 662. The lowest BCUT2D eigenvalue weighted by Crippen LogP contribution is -2.51. The maximum Gasteiger partial charge on any atom is 0.289 e. The average molecular weight is 327 g/mol. The van der Waals surface area contributed by atoms with Crippen LogP contribution < -0.4 is 5.32 Å². The Balaban J connectivity index is 1.40. The highest BCUT2D eigenvalue weighted by Crippen LogP contribution is 2.09. The predicted octanol–water partition coefficient (Wildman–Crippen LogP) is 1.35. The van der Waals surface area contributed by atoms with Gasteiger partial charge in [-0.05, 0) is 17.7 Å². The molecule has 1 fully saturated rings. The number of carbonyl (C=O) groups excluding carboxylic acids is 2. The van der Waals surface area contributed by atoms with Crippen LogP contribution in [0.1, 0.15) is 16.1 Å². The van der Waals surface area contributed by atoms with Crippen LogP contribution in [0.15, 0.2) is 53.1 Å². The summed E-state index contributed by atoms with van der Waals surface area (Å²) in [7, 11) is 0. The van der Waals surface area contributed by atoms with E-state index in [-0.39, 0.29) is 11.8 Å². The molecule has 126 valence electrons. The highest BCUT2D eigenvalue weighted by molar-refractivity contribution is 5.91. The van der Waals surface area contributed by atoms with Gasteiger partial charge in [-0.15, -0.1) is 0 Å². The highest BCUT2D eigenvalue weighted by atomic mass is 16.3. The molecule has 2 aromatic rings. The Morgan fingerprint density at radius 2 is 1.75 bits per heavy atom. The van der Waals surface area contributed by atoms with Crippen molar-refractivity contribution in [1.82, 2.24) is 15.1 Å². The van der Waals surface area contributed by atoms with Gasteiger partial charge in [0.05, 0.1) is 12.8 Å². The number of rotatable bonds is 5. The molecule has 24 heavy (non-hydrogen) atoms. The molecule has 0 aliphatic carbocycles. The van der Waals surface area contributed by atoms with Crippen LogP contribution in [-0.4, -0.2) is 54.3 Å². The van der Waals surface area contributed by atoms with Crippen molar-refractivity contribution in [2.24, 2.45) is 0 Å². The van der Waals surface area contributed by atoms with Crippen molar-refractivity contribution in [2.75, 3.05) is 32.7 Å². The van der Waals surface area contributed by atoms with E-state index in [4.69, 9.17) is 4.42 Å². The van der Waals surface area contributed by atoms with E-state index < -0.39 is 0 Å². The zero-order chi connectivity index (χ0) is 16.8. The van der Waals surface area contributed by atoms with Crippen LogP contribution in [0, 0.1) is 0 Å². The van der Waals surface area contributed by atoms with Gasteiger partial charge < -0.3 is 14.6 Å². The van der Waals surface area contributed by atoms with Gasteiger partial charge in [0.25, 0.3) is 5.91 Å². The number of nitrogens with zero attached hydrogens (tertiary/aromatic N) is 2. The van der Waals surface area contributed by atoms with Gasteiger partial charge in [-0.2, -0.15) is 0 Å². The molecule has 2 heterocycles. The molecule has 1 aromatic carbocycles. The van der Waals surface area contributed by atoms with Crippen molar-refractivity contribution in [3.8, 4) is 0 Å². The molecule has 0 atom stereocenters. The molecule has 1 saturated heterocycles. The van der Waals surface area contributed by atoms with Crippen LogP contribution >= 0.6 is 0 Å². The molecule has 0 saturated carbocycles. The second-order valence-electron chi connectivity index (χ2n) is 5.81. The van der Waals surface area contributed by atoms with E-state index >= 15 is 0 Å². The summed E-state index contributed by atoms with van der Waals surface area (Å²) >= 11 is 0. The Labute approximate surface area is 141 Å². The third-order valence-corrected chi connectivity index (χ3v) is 4.09. The summed E-state index contributed by atoms with van der Waals surface area (Å²) in [6.07, 6.45) is 1.50. The van der Waals surface area contributed by atoms with Crippen molar-refractivity contribution in [2.45, 2.75) is 6.54 Å². The van der Waals surface area contributed by atoms with Crippen molar-refractivity contribution in [3.05, 3.63) is 60.1 Å². The smallest absolute Gasteiger partial charge is 0.289 e. The summed E-state index contributed by atoms with van der Waals surface area (Å²) in [5, 5.41) is 2.93. The number of amides is 2. The van der Waals surface area contributed by atoms with Crippen LogP contribution in [0.25, 0.3) is 0 Å². The molecule has 0 bridgehead atoms. The maximum atomic E-state index is 12.2. The number of hydrogen-bond donors (Lipinski definition) is 1. The van der Waals surface area contributed by atoms with Crippen LogP contribution in [0.4, 0.5) is 0 Å². The molecular weight excluding hydrogens is 306 g/mol. The topological polar surface area (TPSA) is 65.8 Å². The van der Waals surface area contributed by atoms with Gasteiger partial charge in [0, 0.05) is 32.7 Å². The molecule has 2 amide bonds. The first-order valence-electron chi connectivity index (χ1n) is 8.08. The second kappa shape index (κ2) is 7.79. The molecule has 1 aromatic heterocycles. The molecule has 0 unspecified atom stereocenters. The van der Waals surface area contributed by atoms with E-state index in [1.807, 2.05) is 30.3 Å². The van der Waals surface area contributed by atoms with Crippen molar-refractivity contribution >= 4 is 11.8 Å². The Morgan fingerprint density at radius 3 is 2.42 bits per heavy atom. The van der Waals surface area contributed by atoms with Crippen LogP contribution in [-0.2, 0) is 11.3 Å². The number of furan rings is 1. The predicted molar refractivity (Wildman–Crippen MR) is 89.3 cm³/mol. The van der Waals surface area contributed by atoms with Crippen molar-refractivity contribution in [1.29, 1.82) is 0 Å². The first kappa shape index (κ1) is 16.3. The Morgan fingerprint density at radius 1 is 1.00 bits per heavy atom. The molecule has 6 nitrogen and oxygen atoms in total. The standard InChI is InChI=1S/C18H21N3O3/c22-17(19-13-15-5-2-1-3-6-15)14-20-8-10-21(11-9-20)18(23)16-7-4-12-24-16/h1-7,12H,8-11,13-14H2,(H,19,22). The minimum atomic E-state index is -0.0896. The number of carbonyl (C=O) groups is 2. The van der Waals surface area contributed by atoms with Gasteiger partial charge >= 0.3 is 0 Å². The summed E-state index contributed by atoms with van der Waals surface area (Å²) < 4.78 is 5.14. The largest absolute Gasteiger partial charge is 0.459 e. The van der Waals surface area contributed by atoms with Crippen LogP contribution in [0.5, 0.6) is 0 Å². The quantitative estimate of drug-likeness (QED) is 0.900. The number of hydrogen-bond acceptors (Lipinski definition) is 4. The van der Waals surface area contributed by atoms with Gasteiger partial charge in [-0.25, -0.2) is 0 Å². The fraction of sp³-hybridized carbons (Fsp3) is 0.333. The van der Waals surface area contributed by atoms with Gasteiger partial charge in [0.2, 0.25) is 5.91 Å². The van der Waals surface area contributed by atoms with E-state index in [1.165, 1.54) is 6.26 Å². The van der Waals surface area contributed by atoms with E-state index in [0.29, 0.717) is 45.0 Å².